The van der Waals surface area contributed by atoms with Crippen molar-refractivity contribution in [1.29, 1.82) is 0 Å². The molecule has 0 aliphatic carbocycles. The number of para-hydroxylation sites is 1. The number of nitrogens with zero attached hydrogens (tertiary/aromatic N) is 1. The van der Waals surface area contributed by atoms with Crippen molar-refractivity contribution in [3.05, 3.63) is 62.7 Å². The molecule has 29 heavy (non-hydrogen) atoms. The maximum atomic E-state index is 13.0. The van der Waals surface area contributed by atoms with Crippen LogP contribution in [0, 0.1) is 10.1 Å². The molecule has 1 saturated heterocycles. The standard InChI is InChI=1S/C20H20ClN3O5/c1-10-17(11-8-15(28-2)16(29-3)9-13(11)21)18(24(26)27)20(23-10)12-6-4-5-7-14(12)22-19(20)25/h4-10,17-18,23H,1-3H3,(H,22,25)/t10-,17-,18+,20-/m0/s1. The second kappa shape index (κ2) is 6.89. The zero-order valence-corrected chi connectivity index (χ0v) is 16.8. The van der Waals surface area contributed by atoms with E-state index >= 15 is 0 Å². The number of carbonyl (C=O) groups is 1. The molecule has 2 aliphatic heterocycles. The van der Waals surface area contributed by atoms with Crippen LogP contribution in [-0.4, -0.2) is 37.1 Å². The predicted molar refractivity (Wildman–Crippen MR) is 107 cm³/mol. The molecule has 0 radical (unpaired) electrons. The highest BCUT2D eigenvalue weighted by atomic mass is 35.5. The lowest BCUT2D eigenvalue weighted by molar-refractivity contribution is -0.532. The molecule has 1 spiro atoms. The first-order valence-corrected chi connectivity index (χ1v) is 9.46. The first-order valence-electron chi connectivity index (χ1n) is 9.08. The first-order chi connectivity index (χ1) is 13.8. The van der Waals surface area contributed by atoms with E-state index in [9.17, 15) is 14.9 Å². The Morgan fingerprint density at radius 2 is 1.83 bits per heavy atom. The van der Waals surface area contributed by atoms with Crippen molar-refractivity contribution >= 4 is 23.2 Å². The lowest BCUT2D eigenvalue weighted by Crippen LogP contribution is -2.54. The van der Waals surface area contributed by atoms with Crippen molar-refractivity contribution in [2.24, 2.45) is 0 Å². The lowest BCUT2D eigenvalue weighted by Gasteiger charge is -2.26. The van der Waals surface area contributed by atoms with Gasteiger partial charge in [0.2, 0.25) is 0 Å². The fourth-order valence-corrected chi connectivity index (χ4v) is 4.93. The first kappa shape index (κ1) is 19.5. The minimum Gasteiger partial charge on any atom is -0.493 e. The van der Waals surface area contributed by atoms with Gasteiger partial charge in [-0.05, 0) is 24.6 Å². The maximum Gasteiger partial charge on any atom is 0.256 e. The van der Waals surface area contributed by atoms with Gasteiger partial charge in [-0.1, -0.05) is 29.8 Å². The number of fused-ring (bicyclic) bond motifs is 2. The van der Waals surface area contributed by atoms with Gasteiger partial charge in [-0.2, -0.15) is 0 Å². The number of carbonyl (C=O) groups excluding carboxylic acids is 1. The summed E-state index contributed by atoms with van der Waals surface area (Å²) in [7, 11) is 2.97. The number of benzene rings is 2. The van der Waals surface area contributed by atoms with Crippen LogP contribution in [-0.2, 0) is 10.3 Å². The molecular formula is C20H20ClN3O5. The number of halogens is 1. The molecule has 2 aromatic rings. The van der Waals surface area contributed by atoms with Gasteiger partial charge in [-0.25, -0.2) is 0 Å². The number of amides is 1. The molecule has 2 N–H and O–H groups in total. The molecule has 0 bridgehead atoms. The highest BCUT2D eigenvalue weighted by Crippen LogP contribution is 2.51. The summed E-state index contributed by atoms with van der Waals surface area (Å²) in [5.41, 5.74) is 0.182. The maximum absolute atomic E-state index is 13.0. The fourth-order valence-electron chi connectivity index (χ4n) is 4.65. The average Bonchev–Trinajstić information content (AvgIpc) is 3.16. The molecular weight excluding hydrogens is 398 g/mol. The molecule has 8 nitrogen and oxygen atoms in total. The molecule has 2 aliphatic rings. The molecule has 4 atom stereocenters. The lowest BCUT2D eigenvalue weighted by atomic mass is 9.78. The molecule has 1 amide bonds. The van der Waals surface area contributed by atoms with E-state index in [-0.39, 0.29) is 0 Å². The van der Waals surface area contributed by atoms with Crippen LogP contribution in [0.4, 0.5) is 5.69 Å². The predicted octanol–water partition coefficient (Wildman–Crippen LogP) is 2.93. The van der Waals surface area contributed by atoms with E-state index in [0.29, 0.717) is 33.3 Å². The summed E-state index contributed by atoms with van der Waals surface area (Å²) in [4.78, 5) is 25.0. The Kier molecular flexibility index (Phi) is 4.63. The summed E-state index contributed by atoms with van der Waals surface area (Å²) >= 11 is 6.50. The van der Waals surface area contributed by atoms with E-state index in [1.54, 1.807) is 36.4 Å². The zero-order valence-electron chi connectivity index (χ0n) is 16.1. The third kappa shape index (κ3) is 2.67. The smallest absolute Gasteiger partial charge is 0.256 e. The van der Waals surface area contributed by atoms with Crippen molar-refractivity contribution < 1.29 is 19.2 Å². The van der Waals surface area contributed by atoms with Crippen molar-refractivity contribution in [2.45, 2.75) is 30.5 Å². The van der Waals surface area contributed by atoms with Gasteiger partial charge in [0, 0.05) is 33.3 Å². The highest BCUT2D eigenvalue weighted by molar-refractivity contribution is 6.31. The molecule has 4 rings (SSSR count). The van der Waals surface area contributed by atoms with E-state index in [0.717, 1.165) is 0 Å². The van der Waals surface area contributed by atoms with Crippen molar-refractivity contribution in [3.8, 4) is 11.5 Å². The van der Waals surface area contributed by atoms with Gasteiger partial charge in [-0.3, -0.25) is 20.2 Å². The Morgan fingerprint density at radius 1 is 1.17 bits per heavy atom. The number of rotatable bonds is 4. The second-order valence-electron chi connectivity index (χ2n) is 7.23. The average molecular weight is 418 g/mol. The Morgan fingerprint density at radius 3 is 2.48 bits per heavy atom. The van der Waals surface area contributed by atoms with Gasteiger partial charge in [-0.15, -0.1) is 0 Å². The summed E-state index contributed by atoms with van der Waals surface area (Å²) in [5, 5.41) is 18.6. The fraction of sp³-hybridized carbons (Fsp3) is 0.350. The minimum absolute atomic E-state index is 0.317. The van der Waals surface area contributed by atoms with Crippen LogP contribution >= 0.6 is 11.6 Å². The number of anilines is 1. The topological polar surface area (TPSA) is 103 Å². The Hall–Kier alpha value is -2.84. The summed E-state index contributed by atoms with van der Waals surface area (Å²) in [6.45, 7) is 1.82. The van der Waals surface area contributed by atoms with Crippen LogP contribution in [0.15, 0.2) is 36.4 Å². The van der Waals surface area contributed by atoms with Crippen LogP contribution in [0.3, 0.4) is 0 Å². The van der Waals surface area contributed by atoms with E-state index in [1.165, 1.54) is 14.2 Å². The van der Waals surface area contributed by atoms with Gasteiger partial charge in [0.1, 0.15) is 0 Å². The molecule has 0 aromatic heterocycles. The number of nitro groups is 1. The Labute approximate surface area is 172 Å². The minimum atomic E-state index is -1.49. The largest absolute Gasteiger partial charge is 0.493 e. The Bertz CT molecular complexity index is 1010. The summed E-state index contributed by atoms with van der Waals surface area (Å²) < 4.78 is 10.6. The number of methoxy groups -OCH3 is 2. The van der Waals surface area contributed by atoms with E-state index < -0.39 is 34.4 Å². The summed E-state index contributed by atoms with van der Waals surface area (Å²) in [5.74, 6) is -0.268. The molecule has 9 heteroatoms. The van der Waals surface area contributed by atoms with Crippen LogP contribution in [0.5, 0.6) is 11.5 Å². The second-order valence-corrected chi connectivity index (χ2v) is 7.63. The van der Waals surface area contributed by atoms with Crippen LogP contribution in [0.25, 0.3) is 0 Å². The number of hydrogen-bond donors (Lipinski definition) is 2. The van der Waals surface area contributed by atoms with E-state index in [4.69, 9.17) is 21.1 Å². The van der Waals surface area contributed by atoms with Crippen molar-refractivity contribution in [1.82, 2.24) is 5.32 Å². The summed E-state index contributed by atoms with van der Waals surface area (Å²) in [6, 6.07) is 8.58. The van der Waals surface area contributed by atoms with Gasteiger partial charge in [0.05, 0.1) is 20.1 Å². The third-order valence-corrected chi connectivity index (χ3v) is 6.15. The van der Waals surface area contributed by atoms with Gasteiger partial charge >= 0.3 is 0 Å². The van der Waals surface area contributed by atoms with Gasteiger partial charge in [0.25, 0.3) is 11.9 Å². The molecule has 1 fully saturated rings. The molecule has 0 unspecified atom stereocenters. The highest BCUT2D eigenvalue weighted by Gasteiger charge is 2.67. The molecule has 152 valence electrons. The van der Waals surface area contributed by atoms with Gasteiger partial charge < -0.3 is 14.8 Å². The van der Waals surface area contributed by atoms with Gasteiger partial charge in [0.15, 0.2) is 17.0 Å². The van der Waals surface area contributed by atoms with E-state index in [2.05, 4.69) is 10.6 Å². The van der Waals surface area contributed by atoms with Crippen molar-refractivity contribution in [3.63, 3.8) is 0 Å². The Balaban J connectivity index is 1.91. The number of hydrogen-bond acceptors (Lipinski definition) is 6. The van der Waals surface area contributed by atoms with Crippen LogP contribution in [0.1, 0.15) is 24.0 Å². The molecule has 2 heterocycles. The third-order valence-electron chi connectivity index (χ3n) is 5.83. The number of ether oxygens (including phenoxy) is 2. The van der Waals surface area contributed by atoms with Crippen molar-refractivity contribution in [2.75, 3.05) is 19.5 Å². The summed E-state index contributed by atoms with van der Waals surface area (Å²) in [6.07, 6.45) is 0. The molecule has 2 aromatic carbocycles. The quantitative estimate of drug-likeness (QED) is 0.585. The van der Waals surface area contributed by atoms with E-state index in [1.807, 2.05) is 6.92 Å². The molecule has 0 saturated carbocycles. The zero-order chi connectivity index (χ0) is 20.9. The SMILES string of the molecule is COc1cc(Cl)c([C@@H]2[C@H](C)N[C@]3(C(=O)Nc4ccccc43)[C@@H]2[N+](=O)[O-])cc1OC. The monoisotopic (exact) mass is 417 g/mol. The van der Waals surface area contributed by atoms with Crippen LogP contribution in [0.2, 0.25) is 5.02 Å². The number of nitrogens with one attached hydrogen (secondary N) is 2. The normalized spacial score (nSPS) is 27.6. The van der Waals surface area contributed by atoms with Crippen LogP contribution < -0.4 is 20.1 Å².